The van der Waals surface area contributed by atoms with Crippen LogP contribution in [-0.4, -0.2) is 19.9 Å². The quantitative estimate of drug-likeness (QED) is 0.720. The number of rotatable bonds is 1. The Balaban J connectivity index is 2.70. The van der Waals surface area contributed by atoms with Crippen molar-refractivity contribution in [1.82, 2.24) is 19.9 Å². The summed E-state index contributed by atoms with van der Waals surface area (Å²) in [6.07, 6.45) is 1.65. The minimum Gasteiger partial charge on any atom is -0.342 e. The minimum absolute atomic E-state index is 0.347. The number of fused-ring (bicyclic) bond motifs is 1. The van der Waals surface area contributed by atoms with Gasteiger partial charge in [0.2, 0.25) is 0 Å². The molecule has 0 aromatic carbocycles. The maximum Gasteiger partial charge on any atom is 0.181 e. The molecule has 0 radical (unpaired) electrons. The first-order valence-electron chi connectivity index (χ1n) is 4.36. The Morgan fingerprint density at radius 3 is 2.77 bits per heavy atom. The summed E-state index contributed by atoms with van der Waals surface area (Å²) in [7, 11) is 0. The third-order valence-corrected chi connectivity index (χ3v) is 2.00. The number of H-pyrrole nitrogens is 1. The van der Waals surface area contributed by atoms with E-state index < -0.39 is 0 Å². The molecule has 0 unspecified atom stereocenters. The highest BCUT2D eigenvalue weighted by atomic mass is 15.0. The molecule has 2 aromatic rings. The van der Waals surface area contributed by atoms with Crippen LogP contribution >= 0.6 is 0 Å². The van der Waals surface area contributed by atoms with E-state index in [0.29, 0.717) is 5.92 Å². The van der Waals surface area contributed by atoms with Crippen molar-refractivity contribution in [2.45, 2.75) is 26.7 Å². The predicted octanol–water partition coefficient (Wildman–Crippen LogP) is 1.78. The van der Waals surface area contributed by atoms with Crippen LogP contribution in [0.4, 0.5) is 0 Å². The first-order valence-corrected chi connectivity index (χ1v) is 4.36. The lowest BCUT2D eigenvalue weighted by molar-refractivity contribution is 0.774. The summed E-state index contributed by atoms with van der Waals surface area (Å²) in [5.74, 6) is 1.21. The Labute approximate surface area is 76.4 Å². The standard InChI is InChI=1S/C9H12N4/c1-5(2)8-12-6(3)7-9(13-8)11-4-10-7/h4-5H,1-3H3,(H,10,11,12,13). The van der Waals surface area contributed by atoms with E-state index >= 15 is 0 Å². The molecule has 0 bridgehead atoms. The lowest BCUT2D eigenvalue weighted by atomic mass is 10.2. The summed E-state index contributed by atoms with van der Waals surface area (Å²) in [5.41, 5.74) is 2.66. The zero-order valence-electron chi connectivity index (χ0n) is 8.00. The third kappa shape index (κ3) is 1.28. The van der Waals surface area contributed by atoms with Gasteiger partial charge in [-0.25, -0.2) is 15.0 Å². The molecule has 0 amide bonds. The van der Waals surface area contributed by atoms with Crippen LogP contribution in [0.1, 0.15) is 31.3 Å². The summed E-state index contributed by atoms with van der Waals surface area (Å²) < 4.78 is 0. The molecule has 68 valence electrons. The maximum atomic E-state index is 4.39. The fourth-order valence-electron chi connectivity index (χ4n) is 1.26. The summed E-state index contributed by atoms with van der Waals surface area (Å²) in [6, 6.07) is 0. The van der Waals surface area contributed by atoms with Crippen LogP contribution in [-0.2, 0) is 0 Å². The van der Waals surface area contributed by atoms with Crippen LogP contribution in [0.25, 0.3) is 11.2 Å². The highest BCUT2D eigenvalue weighted by molar-refractivity contribution is 5.72. The lowest BCUT2D eigenvalue weighted by Crippen LogP contribution is -1.99. The molecule has 13 heavy (non-hydrogen) atoms. The zero-order chi connectivity index (χ0) is 9.42. The van der Waals surface area contributed by atoms with Gasteiger partial charge in [0.05, 0.1) is 12.0 Å². The smallest absolute Gasteiger partial charge is 0.181 e. The second kappa shape index (κ2) is 2.80. The Bertz CT molecular complexity index is 430. The average Bonchev–Trinajstić information content (AvgIpc) is 2.51. The molecule has 0 fully saturated rings. The van der Waals surface area contributed by atoms with Gasteiger partial charge in [-0.05, 0) is 6.92 Å². The molecule has 0 saturated heterocycles. The summed E-state index contributed by atoms with van der Waals surface area (Å²) in [5, 5.41) is 0. The van der Waals surface area contributed by atoms with Crippen LogP contribution in [0.15, 0.2) is 6.33 Å². The Morgan fingerprint density at radius 1 is 1.31 bits per heavy atom. The molecule has 1 N–H and O–H groups in total. The largest absolute Gasteiger partial charge is 0.342 e. The molecular weight excluding hydrogens is 164 g/mol. The molecule has 0 aliphatic heterocycles. The summed E-state index contributed by atoms with van der Waals surface area (Å²) in [4.78, 5) is 15.9. The second-order valence-corrected chi connectivity index (χ2v) is 3.42. The molecule has 0 saturated carbocycles. The second-order valence-electron chi connectivity index (χ2n) is 3.42. The fourth-order valence-corrected chi connectivity index (χ4v) is 1.26. The van der Waals surface area contributed by atoms with Crippen molar-refractivity contribution in [3.8, 4) is 0 Å². The van der Waals surface area contributed by atoms with Crippen LogP contribution < -0.4 is 0 Å². The van der Waals surface area contributed by atoms with E-state index in [1.807, 2.05) is 6.92 Å². The van der Waals surface area contributed by atoms with Gasteiger partial charge in [0.1, 0.15) is 11.3 Å². The fraction of sp³-hybridized carbons (Fsp3) is 0.444. The normalized spacial score (nSPS) is 11.4. The predicted molar refractivity (Wildman–Crippen MR) is 50.5 cm³/mol. The molecule has 0 atom stereocenters. The van der Waals surface area contributed by atoms with Gasteiger partial charge in [0.25, 0.3) is 0 Å². The van der Waals surface area contributed by atoms with E-state index in [0.717, 1.165) is 22.7 Å². The van der Waals surface area contributed by atoms with Crippen LogP contribution in [0.2, 0.25) is 0 Å². The van der Waals surface area contributed by atoms with Gasteiger partial charge in [-0.15, -0.1) is 0 Å². The third-order valence-electron chi connectivity index (χ3n) is 2.00. The van der Waals surface area contributed by atoms with Crippen LogP contribution in [0.5, 0.6) is 0 Å². The Hall–Kier alpha value is -1.45. The molecule has 4 nitrogen and oxygen atoms in total. The SMILES string of the molecule is Cc1nc(C(C)C)nc2nc[nH]c12. The number of hydrogen-bond donors (Lipinski definition) is 1. The number of nitrogens with zero attached hydrogens (tertiary/aromatic N) is 3. The lowest BCUT2D eigenvalue weighted by Gasteiger charge is -2.03. The van der Waals surface area contributed by atoms with Crippen molar-refractivity contribution in [3.05, 3.63) is 17.8 Å². The number of hydrogen-bond acceptors (Lipinski definition) is 3. The summed E-state index contributed by atoms with van der Waals surface area (Å²) in [6.45, 7) is 6.12. The first kappa shape index (κ1) is 8.16. The van der Waals surface area contributed by atoms with E-state index in [9.17, 15) is 0 Å². The zero-order valence-corrected chi connectivity index (χ0v) is 8.00. The highest BCUT2D eigenvalue weighted by Gasteiger charge is 2.08. The Morgan fingerprint density at radius 2 is 2.08 bits per heavy atom. The van der Waals surface area contributed by atoms with E-state index in [1.165, 1.54) is 0 Å². The minimum atomic E-state index is 0.347. The van der Waals surface area contributed by atoms with Crippen molar-refractivity contribution in [3.63, 3.8) is 0 Å². The van der Waals surface area contributed by atoms with Gasteiger partial charge >= 0.3 is 0 Å². The average molecular weight is 176 g/mol. The molecule has 2 heterocycles. The van der Waals surface area contributed by atoms with Gasteiger partial charge in [-0.2, -0.15) is 0 Å². The molecule has 2 rings (SSSR count). The van der Waals surface area contributed by atoms with Gasteiger partial charge in [0, 0.05) is 5.92 Å². The van der Waals surface area contributed by atoms with Crippen molar-refractivity contribution < 1.29 is 0 Å². The van der Waals surface area contributed by atoms with E-state index in [-0.39, 0.29) is 0 Å². The Kier molecular flexibility index (Phi) is 1.76. The summed E-state index contributed by atoms with van der Waals surface area (Å²) >= 11 is 0. The van der Waals surface area contributed by atoms with Crippen LogP contribution in [0.3, 0.4) is 0 Å². The van der Waals surface area contributed by atoms with Crippen LogP contribution in [0, 0.1) is 6.92 Å². The molecule has 2 aromatic heterocycles. The van der Waals surface area contributed by atoms with Gasteiger partial charge in [-0.3, -0.25) is 0 Å². The highest BCUT2D eigenvalue weighted by Crippen LogP contribution is 2.14. The van der Waals surface area contributed by atoms with E-state index in [2.05, 4.69) is 33.8 Å². The first-order chi connectivity index (χ1) is 6.18. The van der Waals surface area contributed by atoms with Crippen molar-refractivity contribution in [2.75, 3.05) is 0 Å². The topological polar surface area (TPSA) is 54.5 Å². The monoisotopic (exact) mass is 176 g/mol. The number of nitrogens with one attached hydrogen (secondary N) is 1. The maximum absolute atomic E-state index is 4.39. The van der Waals surface area contributed by atoms with E-state index in [4.69, 9.17) is 0 Å². The van der Waals surface area contributed by atoms with Gasteiger partial charge < -0.3 is 4.98 Å². The molecule has 4 heteroatoms. The van der Waals surface area contributed by atoms with Crippen molar-refractivity contribution in [2.24, 2.45) is 0 Å². The molecule has 0 spiro atoms. The van der Waals surface area contributed by atoms with Crippen molar-refractivity contribution >= 4 is 11.2 Å². The van der Waals surface area contributed by atoms with Gasteiger partial charge in [-0.1, -0.05) is 13.8 Å². The number of aromatic nitrogens is 4. The molecule has 0 aliphatic rings. The number of aromatic amines is 1. The van der Waals surface area contributed by atoms with Gasteiger partial charge in [0.15, 0.2) is 5.65 Å². The van der Waals surface area contributed by atoms with Crippen molar-refractivity contribution in [1.29, 1.82) is 0 Å². The number of imidazole rings is 1. The number of aryl methyl sites for hydroxylation is 1. The molecule has 0 aliphatic carbocycles. The molecular formula is C9H12N4. The van der Waals surface area contributed by atoms with E-state index in [1.54, 1.807) is 6.33 Å².